The first kappa shape index (κ1) is 18.4. The van der Waals surface area contributed by atoms with Crippen LogP contribution in [0.5, 0.6) is 0 Å². The van der Waals surface area contributed by atoms with Crippen LogP contribution in [0.4, 0.5) is 0 Å². The molecule has 3 aromatic rings. The maximum Gasteiger partial charge on any atom is 0.244 e. The Labute approximate surface area is 158 Å². The molecule has 0 bridgehead atoms. The van der Waals surface area contributed by atoms with Crippen LogP contribution < -0.4 is 4.57 Å². The summed E-state index contributed by atoms with van der Waals surface area (Å²) >= 11 is 0. The number of hydrogen-bond acceptors (Lipinski definition) is 0. The molecule has 0 aliphatic rings. The maximum absolute atomic E-state index is 2.43. The van der Waals surface area contributed by atoms with E-state index in [1.807, 2.05) is 0 Å². The molecule has 26 heavy (non-hydrogen) atoms. The van der Waals surface area contributed by atoms with Gasteiger partial charge in [-0.05, 0) is 30.4 Å². The van der Waals surface area contributed by atoms with Gasteiger partial charge in [0, 0.05) is 5.41 Å². The highest BCUT2D eigenvalue weighted by atomic mass is 15.1. The first-order valence-electron chi connectivity index (χ1n) is 9.70. The van der Waals surface area contributed by atoms with Gasteiger partial charge < -0.3 is 0 Å². The molecule has 0 radical (unpaired) electrons. The second-order valence-corrected chi connectivity index (χ2v) is 7.83. The monoisotopic (exact) mass is 347 g/mol. The molecule has 2 aromatic carbocycles. The fraction of sp³-hybridized carbons (Fsp3) is 0.375. The summed E-state index contributed by atoms with van der Waals surface area (Å²) in [6, 6.07) is 22.3. The van der Waals surface area contributed by atoms with E-state index >= 15 is 0 Å². The SMILES string of the molecule is CC[n+]1ccn(C(C(C)C)C(C)(Cc2ccccc2)c2ccccc2)c1. The first-order chi connectivity index (χ1) is 12.5. The zero-order chi connectivity index (χ0) is 18.6. The van der Waals surface area contributed by atoms with Gasteiger partial charge in [0.25, 0.3) is 0 Å². The topological polar surface area (TPSA) is 8.81 Å². The van der Waals surface area contributed by atoms with Gasteiger partial charge in [0.1, 0.15) is 18.4 Å². The summed E-state index contributed by atoms with van der Waals surface area (Å²) in [6.45, 7) is 10.3. The number of hydrogen-bond donors (Lipinski definition) is 0. The number of benzene rings is 2. The molecular formula is C24H31N2+. The minimum Gasteiger partial charge on any atom is -0.237 e. The van der Waals surface area contributed by atoms with Crippen molar-refractivity contribution >= 4 is 0 Å². The smallest absolute Gasteiger partial charge is 0.237 e. The Hall–Kier alpha value is -2.35. The molecule has 136 valence electrons. The van der Waals surface area contributed by atoms with Crippen LogP contribution in [0.25, 0.3) is 0 Å². The van der Waals surface area contributed by atoms with Crippen LogP contribution in [0, 0.1) is 5.92 Å². The summed E-state index contributed by atoms with van der Waals surface area (Å²) in [5.74, 6) is 0.515. The van der Waals surface area contributed by atoms with Crippen molar-refractivity contribution < 1.29 is 4.57 Å². The molecule has 2 heteroatoms. The Kier molecular flexibility index (Phi) is 5.61. The van der Waals surface area contributed by atoms with Crippen molar-refractivity contribution in [3.05, 3.63) is 90.5 Å². The van der Waals surface area contributed by atoms with Crippen molar-refractivity contribution in [1.29, 1.82) is 0 Å². The van der Waals surface area contributed by atoms with Gasteiger partial charge in [0.05, 0.1) is 6.54 Å². The summed E-state index contributed by atoms with van der Waals surface area (Å²) in [4.78, 5) is 0. The Morgan fingerprint density at radius 3 is 2.12 bits per heavy atom. The molecule has 0 saturated heterocycles. The summed E-state index contributed by atoms with van der Waals surface area (Å²) in [5, 5.41) is 0. The first-order valence-corrected chi connectivity index (χ1v) is 9.70. The van der Waals surface area contributed by atoms with Crippen LogP contribution >= 0.6 is 0 Å². The lowest BCUT2D eigenvalue weighted by molar-refractivity contribution is -0.693. The highest BCUT2D eigenvalue weighted by molar-refractivity contribution is 5.31. The predicted molar refractivity (Wildman–Crippen MR) is 108 cm³/mol. The van der Waals surface area contributed by atoms with Crippen molar-refractivity contribution in [3.8, 4) is 0 Å². The normalized spacial score (nSPS) is 15.0. The van der Waals surface area contributed by atoms with Crippen LogP contribution in [0.2, 0.25) is 0 Å². The van der Waals surface area contributed by atoms with Gasteiger partial charge >= 0.3 is 0 Å². The zero-order valence-corrected chi connectivity index (χ0v) is 16.5. The van der Waals surface area contributed by atoms with Gasteiger partial charge in [0.2, 0.25) is 6.33 Å². The minimum atomic E-state index is 0.00136. The summed E-state index contributed by atoms with van der Waals surface area (Å²) in [6.07, 6.45) is 7.70. The van der Waals surface area contributed by atoms with Crippen molar-refractivity contribution in [3.63, 3.8) is 0 Å². The lowest BCUT2D eigenvalue weighted by Gasteiger charge is -2.38. The summed E-state index contributed by atoms with van der Waals surface area (Å²) in [5.41, 5.74) is 2.79. The van der Waals surface area contributed by atoms with Crippen molar-refractivity contribution in [2.45, 2.75) is 52.1 Å². The van der Waals surface area contributed by atoms with Crippen molar-refractivity contribution in [2.24, 2.45) is 5.92 Å². The van der Waals surface area contributed by atoms with Crippen molar-refractivity contribution in [2.75, 3.05) is 0 Å². The Balaban J connectivity index is 2.10. The average molecular weight is 348 g/mol. The second-order valence-electron chi connectivity index (χ2n) is 7.83. The van der Waals surface area contributed by atoms with E-state index < -0.39 is 0 Å². The third-order valence-electron chi connectivity index (χ3n) is 5.53. The predicted octanol–water partition coefficient (Wildman–Crippen LogP) is 5.19. The van der Waals surface area contributed by atoms with E-state index in [0.29, 0.717) is 12.0 Å². The molecule has 2 unspecified atom stereocenters. The quantitative estimate of drug-likeness (QED) is 0.520. The van der Waals surface area contributed by atoms with Crippen molar-refractivity contribution in [1.82, 2.24) is 4.57 Å². The van der Waals surface area contributed by atoms with Crippen LogP contribution in [-0.2, 0) is 18.4 Å². The van der Waals surface area contributed by atoms with E-state index in [1.165, 1.54) is 11.1 Å². The number of nitrogens with zero attached hydrogens (tertiary/aromatic N) is 2. The lowest BCUT2D eigenvalue weighted by atomic mass is 9.68. The molecule has 0 aliphatic carbocycles. The molecule has 2 nitrogen and oxygen atoms in total. The maximum atomic E-state index is 2.43. The Bertz CT molecular complexity index is 804. The highest BCUT2D eigenvalue weighted by Gasteiger charge is 2.42. The van der Waals surface area contributed by atoms with Gasteiger partial charge in [-0.2, -0.15) is 0 Å². The molecule has 3 rings (SSSR count). The number of rotatable bonds is 7. The molecule has 2 atom stereocenters. The third kappa shape index (κ3) is 3.75. The Morgan fingerprint density at radius 1 is 0.962 bits per heavy atom. The van der Waals surface area contributed by atoms with Crippen LogP contribution in [0.3, 0.4) is 0 Å². The molecular weight excluding hydrogens is 316 g/mol. The van der Waals surface area contributed by atoms with Gasteiger partial charge in [-0.25, -0.2) is 9.13 Å². The van der Waals surface area contributed by atoms with E-state index in [0.717, 1.165) is 13.0 Å². The van der Waals surface area contributed by atoms with E-state index in [9.17, 15) is 0 Å². The highest BCUT2D eigenvalue weighted by Crippen LogP contribution is 2.42. The van der Waals surface area contributed by atoms with Gasteiger partial charge in [-0.15, -0.1) is 0 Å². The number of imidazole rings is 1. The molecule has 1 aromatic heterocycles. The fourth-order valence-corrected chi connectivity index (χ4v) is 4.39. The standard InChI is InChI=1S/C24H31N2/c1-5-25-16-17-26(19-25)23(20(2)3)24(4,22-14-10-7-11-15-22)18-21-12-8-6-9-13-21/h6-17,19-20,23H,5,18H2,1-4H3/q+1. The molecule has 1 heterocycles. The van der Waals surface area contributed by atoms with Crippen LogP contribution in [0.1, 0.15) is 44.9 Å². The summed E-state index contributed by atoms with van der Waals surface area (Å²) in [7, 11) is 0. The van der Waals surface area contributed by atoms with Gasteiger partial charge in [-0.1, -0.05) is 81.4 Å². The largest absolute Gasteiger partial charge is 0.244 e. The number of aromatic nitrogens is 2. The summed E-state index contributed by atoms with van der Waals surface area (Å²) < 4.78 is 4.67. The van der Waals surface area contributed by atoms with Gasteiger partial charge in [0.15, 0.2) is 0 Å². The van der Waals surface area contributed by atoms with E-state index in [4.69, 9.17) is 0 Å². The minimum absolute atomic E-state index is 0.00136. The van der Waals surface area contributed by atoms with E-state index in [2.05, 4.69) is 116 Å². The molecule has 0 fully saturated rings. The Morgan fingerprint density at radius 2 is 1.58 bits per heavy atom. The molecule has 0 amide bonds. The molecule has 0 saturated carbocycles. The van der Waals surface area contributed by atoms with E-state index in [1.54, 1.807) is 0 Å². The van der Waals surface area contributed by atoms with Gasteiger partial charge in [-0.3, -0.25) is 0 Å². The molecule has 0 aliphatic heterocycles. The van der Waals surface area contributed by atoms with Crippen LogP contribution in [-0.4, -0.2) is 4.57 Å². The van der Waals surface area contributed by atoms with Crippen LogP contribution in [0.15, 0.2) is 79.4 Å². The third-order valence-corrected chi connectivity index (χ3v) is 5.53. The molecule has 0 spiro atoms. The lowest BCUT2D eigenvalue weighted by Crippen LogP contribution is -2.40. The number of aryl methyl sites for hydroxylation is 1. The second kappa shape index (κ2) is 7.90. The zero-order valence-electron chi connectivity index (χ0n) is 16.5. The average Bonchev–Trinajstić information content (AvgIpc) is 3.11. The van der Waals surface area contributed by atoms with E-state index in [-0.39, 0.29) is 5.41 Å². The fourth-order valence-electron chi connectivity index (χ4n) is 4.39. The molecule has 0 N–H and O–H groups in total.